The van der Waals surface area contributed by atoms with E-state index >= 15 is 0 Å². The lowest BCUT2D eigenvalue weighted by atomic mass is 10.1. The summed E-state index contributed by atoms with van der Waals surface area (Å²) in [6.45, 7) is 1.92. The minimum atomic E-state index is -3.68. The molecule has 0 atom stereocenters. The average molecular weight is 427 g/mol. The number of thioether (sulfide) groups is 1. The predicted molar refractivity (Wildman–Crippen MR) is 119 cm³/mol. The third kappa shape index (κ3) is 4.63. The van der Waals surface area contributed by atoms with Gasteiger partial charge in [0.15, 0.2) is 0 Å². The number of nitrogens with zero attached hydrogens (tertiary/aromatic N) is 1. The summed E-state index contributed by atoms with van der Waals surface area (Å²) in [5.74, 6) is -0.246. The van der Waals surface area contributed by atoms with Crippen molar-refractivity contribution in [2.75, 3.05) is 22.9 Å². The second-order valence-electron chi connectivity index (χ2n) is 6.46. The molecule has 0 saturated heterocycles. The third-order valence-electron chi connectivity index (χ3n) is 4.60. The van der Waals surface area contributed by atoms with E-state index in [1.807, 2.05) is 37.4 Å². The molecule has 29 heavy (non-hydrogen) atoms. The maximum Gasteiger partial charge on any atom is 0.264 e. The second kappa shape index (κ2) is 8.71. The number of benzene rings is 3. The number of anilines is 2. The number of carbonyl (C=O) groups excluding carboxylic acids is 1. The van der Waals surface area contributed by atoms with Crippen LogP contribution in [0.15, 0.2) is 82.6 Å². The maximum atomic E-state index is 12.9. The lowest BCUT2D eigenvalue weighted by Crippen LogP contribution is -2.26. The molecule has 0 aliphatic carbocycles. The Balaban J connectivity index is 1.78. The number of hydrogen-bond acceptors (Lipinski definition) is 4. The number of para-hydroxylation sites is 1. The van der Waals surface area contributed by atoms with Crippen LogP contribution >= 0.6 is 11.8 Å². The van der Waals surface area contributed by atoms with Crippen LogP contribution in [0.1, 0.15) is 15.9 Å². The van der Waals surface area contributed by atoms with E-state index in [4.69, 9.17) is 0 Å². The van der Waals surface area contributed by atoms with Gasteiger partial charge >= 0.3 is 0 Å². The van der Waals surface area contributed by atoms with Crippen LogP contribution in [0.4, 0.5) is 11.4 Å². The topological polar surface area (TPSA) is 66.5 Å². The van der Waals surface area contributed by atoms with Gasteiger partial charge < -0.3 is 5.32 Å². The highest BCUT2D eigenvalue weighted by atomic mass is 32.2. The second-order valence-corrected chi connectivity index (χ2v) is 9.31. The Morgan fingerprint density at radius 1 is 0.931 bits per heavy atom. The van der Waals surface area contributed by atoms with Crippen molar-refractivity contribution < 1.29 is 13.2 Å². The Kier molecular flexibility index (Phi) is 6.30. The standard InChI is InChI=1S/C22H22N2O3S2/c1-16-6-4-5-7-21(16)23-22(25)17-8-10-18(11-9-17)24(2)29(26,27)20-14-12-19(28-3)13-15-20/h4-15H,1-3H3,(H,23,25). The molecule has 0 spiro atoms. The van der Waals surface area contributed by atoms with E-state index in [-0.39, 0.29) is 10.8 Å². The maximum absolute atomic E-state index is 12.9. The third-order valence-corrected chi connectivity index (χ3v) is 7.15. The van der Waals surface area contributed by atoms with Gasteiger partial charge in [0.25, 0.3) is 15.9 Å². The molecule has 3 aromatic carbocycles. The Morgan fingerprint density at radius 3 is 2.14 bits per heavy atom. The fourth-order valence-electron chi connectivity index (χ4n) is 2.77. The molecule has 0 aliphatic rings. The molecule has 0 aromatic heterocycles. The van der Waals surface area contributed by atoms with Crippen LogP contribution in [0.3, 0.4) is 0 Å². The average Bonchev–Trinajstić information content (AvgIpc) is 2.75. The van der Waals surface area contributed by atoms with Crippen molar-refractivity contribution in [1.29, 1.82) is 0 Å². The van der Waals surface area contributed by atoms with Gasteiger partial charge in [-0.15, -0.1) is 11.8 Å². The van der Waals surface area contributed by atoms with Gasteiger partial charge in [-0.1, -0.05) is 18.2 Å². The summed E-state index contributed by atoms with van der Waals surface area (Å²) < 4.78 is 27.0. The number of amides is 1. The smallest absolute Gasteiger partial charge is 0.264 e. The molecule has 3 rings (SSSR count). The molecule has 0 aliphatic heterocycles. The van der Waals surface area contributed by atoms with Crippen LogP contribution in [0.25, 0.3) is 0 Å². The highest BCUT2D eigenvalue weighted by Gasteiger charge is 2.21. The van der Waals surface area contributed by atoms with Gasteiger partial charge in [-0.2, -0.15) is 0 Å². The van der Waals surface area contributed by atoms with Crippen LogP contribution in [-0.2, 0) is 10.0 Å². The first kappa shape index (κ1) is 21.0. The van der Waals surface area contributed by atoms with E-state index in [1.165, 1.54) is 11.4 Å². The Hall–Kier alpha value is -2.77. The summed E-state index contributed by atoms with van der Waals surface area (Å²) in [5, 5.41) is 2.87. The molecule has 0 fully saturated rings. The predicted octanol–water partition coefficient (Wildman–Crippen LogP) is 4.79. The Labute approximate surface area is 175 Å². The summed E-state index contributed by atoms with van der Waals surface area (Å²) >= 11 is 1.55. The molecule has 1 N–H and O–H groups in total. The highest BCUT2D eigenvalue weighted by Crippen LogP contribution is 2.25. The van der Waals surface area contributed by atoms with E-state index in [1.54, 1.807) is 60.3 Å². The SMILES string of the molecule is CSc1ccc(S(=O)(=O)N(C)c2ccc(C(=O)Nc3ccccc3C)cc2)cc1. The van der Waals surface area contributed by atoms with Gasteiger partial charge in [-0.05, 0) is 73.3 Å². The normalized spacial score (nSPS) is 11.1. The van der Waals surface area contributed by atoms with Crippen molar-refractivity contribution in [1.82, 2.24) is 0 Å². The molecule has 7 heteroatoms. The quantitative estimate of drug-likeness (QED) is 0.575. The number of sulfonamides is 1. The minimum Gasteiger partial charge on any atom is -0.322 e. The van der Waals surface area contributed by atoms with Crippen molar-refractivity contribution in [3.05, 3.63) is 83.9 Å². The van der Waals surface area contributed by atoms with Crippen LogP contribution in [0.2, 0.25) is 0 Å². The van der Waals surface area contributed by atoms with Crippen LogP contribution in [-0.4, -0.2) is 27.6 Å². The zero-order chi connectivity index (χ0) is 21.0. The Morgan fingerprint density at radius 2 is 1.55 bits per heavy atom. The molecule has 3 aromatic rings. The molecule has 150 valence electrons. The number of hydrogen-bond donors (Lipinski definition) is 1. The number of aryl methyl sites for hydroxylation is 1. The molecule has 0 radical (unpaired) electrons. The van der Waals surface area contributed by atoms with Gasteiger partial charge in [0.2, 0.25) is 0 Å². The summed E-state index contributed by atoms with van der Waals surface area (Å²) in [7, 11) is -2.18. The van der Waals surface area contributed by atoms with Crippen molar-refractivity contribution in [3.63, 3.8) is 0 Å². The number of carbonyl (C=O) groups is 1. The van der Waals surface area contributed by atoms with Gasteiger partial charge in [0, 0.05) is 23.2 Å². The van der Waals surface area contributed by atoms with E-state index in [0.717, 1.165) is 16.1 Å². The van der Waals surface area contributed by atoms with Gasteiger partial charge in [-0.3, -0.25) is 9.10 Å². The van der Waals surface area contributed by atoms with Crippen LogP contribution in [0.5, 0.6) is 0 Å². The van der Waals surface area contributed by atoms with E-state index in [9.17, 15) is 13.2 Å². The summed E-state index contributed by atoms with van der Waals surface area (Å²) in [6, 6.07) is 20.8. The molecular weight excluding hydrogens is 404 g/mol. The lowest BCUT2D eigenvalue weighted by molar-refractivity contribution is 0.102. The zero-order valence-corrected chi connectivity index (χ0v) is 18.0. The fraction of sp³-hybridized carbons (Fsp3) is 0.136. The number of nitrogens with one attached hydrogen (secondary N) is 1. The summed E-state index contributed by atoms with van der Waals surface area (Å²) in [5.41, 5.74) is 2.64. The summed E-state index contributed by atoms with van der Waals surface area (Å²) in [6.07, 6.45) is 1.94. The van der Waals surface area contributed by atoms with Gasteiger partial charge in [0.1, 0.15) is 0 Å². The van der Waals surface area contributed by atoms with Crippen LogP contribution < -0.4 is 9.62 Å². The first-order valence-corrected chi connectivity index (χ1v) is 11.6. The highest BCUT2D eigenvalue weighted by molar-refractivity contribution is 7.98. The van der Waals surface area contributed by atoms with Crippen molar-refractivity contribution in [3.8, 4) is 0 Å². The van der Waals surface area contributed by atoms with E-state index in [0.29, 0.717) is 11.3 Å². The van der Waals surface area contributed by atoms with Crippen molar-refractivity contribution >= 4 is 39.1 Å². The van der Waals surface area contributed by atoms with Crippen molar-refractivity contribution in [2.24, 2.45) is 0 Å². The van der Waals surface area contributed by atoms with Gasteiger partial charge in [0.05, 0.1) is 10.6 Å². The molecule has 0 saturated carbocycles. The lowest BCUT2D eigenvalue weighted by Gasteiger charge is -2.20. The van der Waals surface area contributed by atoms with Gasteiger partial charge in [-0.25, -0.2) is 8.42 Å². The van der Waals surface area contributed by atoms with Crippen molar-refractivity contribution in [2.45, 2.75) is 16.7 Å². The zero-order valence-electron chi connectivity index (χ0n) is 16.4. The first-order chi connectivity index (χ1) is 13.8. The Bertz CT molecular complexity index is 1110. The molecule has 1 amide bonds. The molecular formula is C22H22N2O3S2. The minimum absolute atomic E-state index is 0.221. The molecule has 5 nitrogen and oxygen atoms in total. The largest absolute Gasteiger partial charge is 0.322 e. The van der Waals surface area contributed by atoms with E-state index in [2.05, 4.69) is 5.32 Å². The van der Waals surface area contributed by atoms with E-state index < -0.39 is 10.0 Å². The first-order valence-electron chi connectivity index (χ1n) is 8.93. The molecule has 0 heterocycles. The van der Waals surface area contributed by atoms with Crippen LogP contribution in [0, 0.1) is 6.92 Å². The molecule has 0 bridgehead atoms. The molecule has 0 unspecified atom stereocenters. The monoisotopic (exact) mass is 426 g/mol. The fourth-order valence-corrected chi connectivity index (χ4v) is 4.38. The summed E-state index contributed by atoms with van der Waals surface area (Å²) in [4.78, 5) is 13.7. The number of rotatable bonds is 6.